The minimum absolute atomic E-state index is 0.0562. The van der Waals surface area contributed by atoms with Gasteiger partial charge in [0.05, 0.1) is 0 Å². The van der Waals surface area contributed by atoms with Crippen molar-refractivity contribution in [2.24, 2.45) is 5.73 Å². The summed E-state index contributed by atoms with van der Waals surface area (Å²) >= 11 is 0. The standard InChI is InChI=1S/C11H14FN/c1-2-7-3-5-9(12)8-4-6-10(13)11(7)8/h3,5,10H,2,4,6,13H2,1H3. The molecule has 0 spiro atoms. The van der Waals surface area contributed by atoms with Gasteiger partial charge in [-0.2, -0.15) is 0 Å². The molecule has 0 amide bonds. The van der Waals surface area contributed by atoms with Gasteiger partial charge in [-0.25, -0.2) is 4.39 Å². The topological polar surface area (TPSA) is 26.0 Å². The van der Waals surface area contributed by atoms with Crippen LogP contribution in [0.3, 0.4) is 0 Å². The van der Waals surface area contributed by atoms with Crippen molar-refractivity contribution in [1.29, 1.82) is 0 Å². The van der Waals surface area contributed by atoms with Crippen molar-refractivity contribution in [3.05, 3.63) is 34.6 Å². The van der Waals surface area contributed by atoms with E-state index in [1.165, 1.54) is 5.56 Å². The van der Waals surface area contributed by atoms with E-state index in [9.17, 15) is 4.39 Å². The number of benzene rings is 1. The fourth-order valence-electron chi connectivity index (χ4n) is 2.16. The zero-order valence-electron chi connectivity index (χ0n) is 7.81. The Morgan fingerprint density at radius 3 is 3.00 bits per heavy atom. The van der Waals surface area contributed by atoms with Gasteiger partial charge in [0.15, 0.2) is 0 Å². The van der Waals surface area contributed by atoms with Crippen LogP contribution in [0.25, 0.3) is 0 Å². The Hall–Kier alpha value is -0.890. The molecule has 1 aliphatic rings. The van der Waals surface area contributed by atoms with Crippen LogP contribution in [0.2, 0.25) is 0 Å². The molecule has 1 unspecified atom stereocenters. The molecular weight excluding hydrogens is 165 g/mol. The highest BCUT2D eigenvalue weighted by Crippen LogP contribution is 2.33. The van der Waals surface area contributed by atoms with E-state index in [1.807, 2.05) is 6.07 Å². The van der Waals surface area contributed by atoms with Gasteiger partial charge < -0.3 is 5.73 Å². The summed E-state index contributed by atoms with van der Waals surface area (Å²) in [5, 5.41) is 0. The summed E-state index contributed by atoms with van der Waals surface area (Å²) in [6, 6.07) is 3.48. The first-order valence-corrected chi connectivity index (χ1v) is 4.79. The number of halogens is 1. The normalized spacial score (nSPS) is 20.4. The maximum Gasteiger partial charge on any atom is 0.126 e. The molecule has 1 atom stereocenters. The Balaban J connectivity index is 2.60. The van der Waals surface area contributed by atoms with Gasteiger partial charge in [0.1, 0.15) is 5.82 Å². The lowest BCUT2D eigenvalue weighted by Crippen LogP contribution is -2.08. The Bertz CT molecular complexity index is 333. The van der Waals surface area contributed by atoms with Gasteiger partial charge in [-0.3, -0.25) is 0 Å². The monoisotopic (exact) mass is 179 g/mol. The average Bonchev–Trinajstić information content (AvgIpc) is 2.51. The molecule has 0 saturated heterocycles. The van der Waals surface area contributed by atoms with Crippen LogP contribution in [-0.2, 0) is 12.8 Å². The van der Waals surface area contributed by atoms with E-state index in [4.69, 9.17) is 5.73 Å². The highest BCUT2D eigenvalue weighted by Gasteiger charge is 2.24. The second kappa shape index (κ2) is 3.11. The SMILES string of the molecule is CCc1ccc(F)c2c1C(N)CC2. The molecular formula is C11H14FN. The summed E-state index contributed by atoms with van der Waals surface area (Å²) < 4.78 is 13.3. The number of fused-ring (bicyclic) bond motifs is 1. The lowest BCUT2D eigenvalue weighted by Gasteiger charge is -2.10. The van der Waals surface area contributed by atoms with Crippen LogP contribution in [0.1, 0.15) is 36.1 Å². The van der Waals surface area contributed by atoms with Crippen molar-refractivity contribution in [3.8, 4) is 0 Å². The van der Waals surface area contributed by atoms with Gasteiger partial charge in [0.25, 0.3) is 0 Å². The van der Waals surface area contributed by atoms with Gasteiger partial charge in [0.2, 0.25) is 0 Å². The summed E-state index contributed by atoms with van der Waals surface area (Å²) in [5.74, 6) is -0.0832. The summed E-state index contributed by atoms with van der Waals surface area (Å²) in [5.41, 5.74) is 9.06. The zero-order chi connectivity index (χ0) is 9.42. The molecule has 70 valence electrons. The summed E-state index contributed by atoms with van der Waals surface area (Å²) in [4.78, 5) is 0. The molecule has 0 bridgehead atoms. The molecule has 1 nitrogen and oxygen atoms in total. The minimum Gasteiger partial charge on any atom is -0.324 e. The smallest absolute Gasteiger partial charge is 0.126 e. The average molecular weight is 179 g/mol. The largest absolute Gasteiger partial charge is 0.324 e. The van der Waals surface area contributed by atoms with Crippen LogP contribution in [0.5, 0.6) is 0 Å². The molecule has 0 heterocycles. The maximum atomic E-state index is 13.3. The summed E-state index contributed by atoms with van der Waals surface area (Å²) in [6.45, 7) is 2.08. The number of hydrogen-bond acceptors (Lipinski definition) is 1. The number of nitrogens with two attached hydrogens (primary N) is 1. The fraction of sp³-hybridized carbons (Fsp3) is 0.455. The molecule has 1 aromatic rings. The van der Waals surface area contributed by atoms with Crippen molar-refractivity contribution in [1.82, 2.24) is 0 Å². The Kier molecular flexibility index (Phi) is 2.08. The quantitative estimate of drug-likeness (QED) is 0.703. The third-order valence-electron chi connectivity index (χ3n) is 2.85. The Morgan fingerprint density at radius 1 is 1.54 bits per heavy atom. The van der Waals surface area contributed by atoms with Gasteiger partial charge >= 0.3 is 0 Å². The summed E-state index contributed by atoms with van der Waals surface area (Å²) in [7, 11) is 0. The molecule has 1 aromatic carbocycles. The molecule has 0 saturated carbocycles. The van der Waals surface area contributed by atoms with Crippen LogP contribution in [0, 0.1) is 5.82 Å². The van der Waals surface area contributed by atoms with Gasteiger partial charge in [0, 0.05) is 6.04 Å². The van der Waals surface area contributed by atoms with E-state index < -0.39 is 0 Å². The van der Waals surface area contributed by atoms with Crippen molar-refractivity contribution >= 4 is 0 Å². The van der Waals surface area contributed by atoms with E-state index in [-0.39, 0.29) is 11.9 Å². The zero-order valence-corrected chi connectivity index (χ0v) is 7.81. The van der Waals surface area contributed by atoms with E-state index >= 15 is 0 Å². The number of hydrogen-bond donors (Lipinski definition) is 1. The molecule has 13 heavy (non-hydrogen) atoms. The van der Waals surface area contributed by atoms with E-state index in [1.54, 1.807) is 6.07 Å². The van der Waals surface area contributed by atoms with Gasteiger partial charge in [-0.15, -0.1) is 0 Å². The van der Waals surface area contributed by atoms with Crippen LogP contribution in [0.15, 0.2) is 12.1 Å². The first-order valence-electron chi connectivity index (χ1n) is 4.79. The first-order chi connectivity index (χ1) is 6.24. The molecule has 2 heteroatoms. The predicted octanol–water partition coefficient (Wildman–Crippen LogP) is 2.33. The van der Waals surface area contributed by atoms with E-state index in [0.717, 1.165) is 30.4 Å². The fourth-order valence-corrected chi connectivity index (χ4v) is 2.16. The first kappa shape index (κ1) is 8.70. The van der Waals surface area contributed by atoms with E-state index in [2.05, 4.69) is 6.92 Å². The molecule has 0 radical (unpaired) electrons. The molecule has 0 aromatic heterocycles. The van der Waals surface area contributed by atoms with Crippen molar-refractivity contribution < 1.29 is 4.39 Å². The van der Waals surface area contributed by atoms with Crippen molar-refractivity contribution in [3.63, 3.8) is 0 Å². The second-order valence-electron chi connectivity index (χ2n) is 3.60. The number of rotatable bonds is 1. The highest BCUT2D eigenvalue weighted by atomic mass is 19.1. The Labute approximate surface area is 77.8 Å². The lowest BCUT2D eigenvalue weighted by molar-refractivity contribution is 0.612. The van der Waals surface area contributed by atoms with Crippen LogP contribution in [-0.4, -0.2) is 0 Å². The minimum atomic E-state index is -0.0832. The van der Waals surface area contributed by atoms with Gasteiger partial charge in [-0.05, 0) is 42.0 Å². The second-order valence-corrected chi connectivity index (χ2v) is 3.60. The molecule has 0 aliphatic heterocycles. The molecule has 2 rings (SSSR count). The third kappa shape index (κ3) is 1.25. The third-order valence-corrected chi connectivity index (χ3v) is 2.85. The van der Waals surface area contributed by atoms with Crippen LogP contribution >= 0.6 is 0 Å². The summed E-state index contributed by atoms with van der Waals surface area (Å²) in [6.07, 6.45) is 2.63. The lowest BCUT2D eigenvalue weighted by atomic mass is 9.99. The Morgan fingerprint density at radius 2 is 2.31 bits per heavy atom. The van der Waals surface area contributed by atoms with Crippen molar-refractivity contribution in [2.75, 3.05) is 0 Å². The predicted molar refractivity (Wildman–Crippen MR) is 51.0 cm³/mol. The number of aryl methyl sites for hydroxylation is 1. The molecule has 2 N–H and O–H groups in total. The van der Waals surface area contributed by atoms with Gasteiger partial charge in [-0.1, -0.05) is 13.0 Å². The van der Waals surface area contributed by atoms with Crippen LogP contribution in [0.4, 0.5) is 4.39 Å². The molecule has 1 aliphatic carbocycles. The highest BCUT2D eigenvalue weighted by molar-refractivity contribution is 5.42. The van der Waals surface area contributed by atoms with Crippen molar-refractivity contribution in [2.45, 2.75) is 32.2 Å². The molecule has 0 fully saturated rings. The van der Waals surface area contributed by atoms with E-state index in [0.29, 0.717) is 0 Å². The maximum absolute atomic E-state index is 13.3. The van der Waals surface area contributed by atoms with Crippen LogP contribution < -0.4 is 5.73 Å².